The average molecular weight is 1030 g/mol. The maximum atomic E-state index is 14.7. The number of para-hydroxylation sites is 1. The van der Waals surface area contributed by atoms with E-state index in [0.29, 0.717) is 29.7 Å². The monoisotopic (exact) mass is 1030 g/mol. The van der Waals surface area contributed by atoms with Crippen LogP contribution in [0, 0.1) is 0 Å². The lowest BCUT2D eigenvalue weighted by Crippen LogP contribution is -2.60. The smallest absolute Gasteiger partial charge is 0.326 e. The van der Waals surface area contributed by atoms with Gasteiger partial charge in [0.2, 0.25) is 47.3 Å². The van der Waals surface area contributed by atoms with E-state index in [1.807, 2.05) is 25.1 Å². The Bertz CT molecular complexity index is 2570. The van der Waals surface area contributed by atoms with Crippen molar-refractivity contribution in [2.24, 2.45) is 5.73 Å². The molecule has 14 N–H and O–H groups in total. The summed E-state index contributed by atoms with van der Waals surface area (Å²) in [6.45, 7) is 3.08. The van der Waals surface area contributed by atoms with Crippen LogP contribution in [0.15, 0.2) is 73.3 Å². The highest BCUT2D eigenvalue weighted by atomic mass is 16.4. The van der Waals surface area contributed by atoms with Crippen LogP contribution in [-0.2, 0) is 62.4 Å². The van der Waals surface area contributed by atoms with Gasteiger partial charge in [-0.25, -0.2) is 14.6 Å². The van der Waals surface area contributed by atoms with Crippen LogP contribution < -0.4 is 53.6 Å². The number of rotatable bonds is 17. The molecule has 2 aromatic carbocycles. The maximum absolute atomic E-state index is 14.7. The van der Waals surface area contributed by atoms with Crippen LogP contribution in [0.2, 0.25) is 0 Å². The second kappa shape index (κ2) is 28.7. The maximum Gasteiger partial charge on any atom is 0.326 e. The van der Waals surface area contributed by atoms with Crippen molar-refractivity contribution in [1.29, 1.82) is 0 Å². The number of imidazole rings is 1. The number of carbonyl (C=O) groups excluding carboxylic acids is 9. The summed E-state index contributed by atoms with van der Waals surface area (Å²) >= 11 is 0. The van der Waals surface area contributed by atoms with Crippen LogP contribution in [0.25, 0.3) is 10.9 Å². The van der Waals surface area contributed by atoms with Gasteiger partial charge in [0.1, 0.15) is 42.3 Å². The molecule has 74 heavy (non-hydrogen) atoms. The number of nitrogens with zero attached hydrogens (tertiary/aromatic N) is 1. The van der Waals surface area contributed by atoms with E-state index in [2.05, 4.69) is 62.8 Å². The number of amides is 10. The van der Waals surface area contributed by atoms with Crippen molar-refractivity contribution in [3.8, 4) is 0 Å². The number of carbonyl (C=O) groups is 10. The Balaban J connectivity index is 1.55. The van der Waals surface area contributed by atoms with Gasteiger partial charge in [-0.3, -0.25) is 38.4 Å². The largest absolute Gasteiger partial charge is 0.480 e. The zero-order valence-corrected chi connectivity index (χ0v) is 41.4. The number of benzene rings is 2. The summed E-state index contributed by atoms with van der Waals surface area (Å²) in [5, 5.41) is 34.7. The fourth-order valence-electron chi connectivity index (χ4n) is 8.38. The molecule has 0 aliphatic carbocycles. The number of fused-ring (bicyclic) bond motifs is 1. The standard InChI is InChI=1S/C50H67N13O11/c1-3-4-15-35(57-29(2)64)43(66)59-37-19-20-42(65)53-21-11-18-38(49(72)73)60-47(70)40(24-31-26-55-34-16-9-8-14-33(31)34)62-44(67)36(17-10-22-54-50(51)74)58-46(69)39(23-30-12-6-5-7-13-30)61-48(71)41(63-45(37)68)25-32-27-52-28-56-32/h5-9,12-14,16,26-28,35-41,55H,3-4,10-11,15,17-25H2,1-2H3,(H,52,56)(H,53,65)(H,57,64)(H,58,69)(H,59,66)(H,60,70)(H,61,71)(H,62,67)(H,63,68)(H,72,73)(H3,51,54,74)/t35-,36-,37-,38-,39+,40-,41-/m0/s1. The number of nitrogens with two attached hydrogens (primary N) is 1. The number of nitrogens with one attached hydrogen (secondary N) is 11. The minimum atomic E-state index is -1.48. The van der Waals surface area contributed by atoms with Crippen molar-refractivity contribution < 1.29 is 53.1 Å². The zero-order valence-electron chi connectivity index (χ0n) is 41.4. The van der Waals surface area contributed by atoms with Crippen molar-refractivity contribution in [3.05, 3.63) is 90.1 Å². The Kier molecular flexibility index (Phi) is 21.9. The molecule has 0 saturated carbocycles. The highest BCUT2D eigenvalue weighted by Crippen LogP contribution is 2.20. The third kappa shape index (κ3) is 18.1. The predicted octanol–water partition coefficient (Wildman–Crippen LogP) is -0.254. The molecular formula is C50H67N13O11. The molecule has 4 aromatic rings. The van der Waals surface area contributed by atoms with E-state index in [9.17, 15) is 53.1 Å². The molecule has 0 unspecified atom stereocenters. The van der Waals surface area contributed by atoms with Crippen LogP contribution in [0.4, 0.5) is 4.79 Å². The topological polar surface area (TPSA) is 370 Å². The minimum absolute atomic E-state index is 0.0117. The second-order valence-corrected chi connectivity index (χ2v) is 18.1. The molecule has 5 rings (SSSR count). The highest BCUT2D eigenvalue weighted by Gasteiger charge is 2.35. The van der Waals surface area contributed by atoms with E-state index in [4.69, 9.17) is 5.73 Å². The first-order valence-corrected chi connectivity index (χ1v) is 24.7. The lowest BCUT2D eigenvalue weighted by molar-refractivity contribution is -0.142. The van der Waals surface area contributed by atoms with Gasteiger partial charge in [-0.05, 0) is 55.7 Å². The Morgan fingerprint density at radius 3 is 2.09 bits per heavy atom. The molecule has 0 radical (unpaired) electrons. The molecule has 0 spiro atoms. The van der Waals surface area contributed by atoms with E-state index < -0.39 is 102 Å². The second-order valence-electron chi connectivity index (χ2n) is 18.1. The number of primary amides is 1. The summed E-state index contributed by atoms with van der Waals surface area (Å²) < 4.78 is 0. The number of unbranched alkanes of at least 4 members (excludes halogenated alkanes) is 1. The first kappa shape index (κ1) is 56.6. The molecule has 1 aliphatic heterocycles. The fraction of sp³-hybridized carbons (Fsp3) is 0.460. The van der Waals surface area contributed by atoms with Crippen molar-refractivity contribution in [2.45, 2.75) is 133 Å². The number of aromatic nitrogens is 3. The first-order chi connectivity index (χ1) is 35.5. The van der Waals surface area contributed by atoms with Crippen molar-refractivity contribution in [3.63, 3.8) is 0 Å². The molecule has 3 heterocycles. The molecule has 24 nitrogen and oxygen atoms in total. The van der Waals surface area contributed by atoms with E-state index in [1.54, 1.807) is 42.6 Å². The fourth-order valence-corrected chi connectivity index (χ4v) is 8.38. The van der Waals surface area contributed by atoms with E-state index in [0.717, 1.165) is 10.9 Å². The van der Waals surface area contributed by atoms with Crippen LogP contribution in [0.1, 0.15) is 88.5 Å². The van der Waals surface area contributed by atoms with Crippen molar-refractivity contribution in [1.82, 2.24) is 62.8 Å². The van der Waals surface area contributed by atoms with Gasteiger partial charge in [0, 0.05) is 74.7 Å². The zero-order chi connectivity index (χ0) is 53.6. The van der Waals surface area contributed by atoms with Gasteiger partial charge in [-0.15, -0.1) is 0 Å². The van der Waals surface area contributed by atoms with Gasteiger partial charge >= 0.3 is 12.0 Å². The number of carboxylic acids is 1. The Hall–Kier alpha value is -8.31. The van der Waals surface area contributed by atoms with Crippen molar-refractivity contribution in [2.75, 3.05) is 13.1 Å². The number of aromatic amines is 2. The van der Waals surface area contributed by atoms with Gasteiger partial charge < -0.3 is 68.7 Å². The number of aliphatic carboxylic acids is 1. The first-order valence-electron chi connectivity index (χ1n) is 24.7. The minimum Gasteiger partial charge on any atom is -0.480 e. The summed E-state index contributed by atoms with van der Waals surface area (Å²) in [6, 6.07) is 5.34. The molecule has 1 aliphatic rings. The number of H-pyrrole nitrogens is 2. The Morgan fingerprint density at radius 2 is 1.42 bits per heavy atom. The molecule has 1 saturated heterocycles. The molecule has 24 heteroatoms. The van der Waals surface area contributed by atoms with E-state index >= 15 is 0 Å². The number of hydrogen-bond donors (Lipinski definition) is 13. The molecule has 10 amide bonds. The van der Waals surface area contributed by atoms with Crippen LogP contribution >= 0.6 is 0 Å². The normalized spacial score (nSPS) is 21.3. The summed E-state index contributed by atoms with van der Waals surface area (Å²) in [7, 11) is 0. The third-order valence-electron chi connectivity index (χ3n) is 12.3. The lowest BCUT2D eigenvalue weighted by Gasteiger charge is -2.28. The van der Waals surface area contributed by atoms with Gasteiger partial charge in [0.05, 0.1) is 6.33 Å². The third-order valence-corrected chi connectivity index (χ3v) is 12.3. The molecular weight excluding hydrogens is 959 g/mol. The Morgan fingerprint density at radius 1 is 0.770 bits per heavy atom. The number of carboxylic acid groups (broad SMARTS) is 1. The summed E-state index contributed by atoms with van der Waals surface area (Å²) in [5.74, 6) is -7.48. The van der Waals surface area contributed by atoms with Gasteiger partial charge in [-0.2, -0.15) is 0 Å². The lowest BCUT2D eigenvalue weighted by atomic mass is 10.0. The highest BCUT2D eigenvalue weighted by molar-refractivity contribution is 5.98. The van der Waals surface area contributed by atoms with Crippen molar-refractivity contribution >= 4 is 70.2 Å². The van der Waals surface area contributed by atoms with E-state index in [1.165, 1.54) is 19.4 Å². The number of hydrogen-bond acceptors (Lipinski definition) is 11. The molecule has 7 atom stereocenters. The quantitative estimate of drug-likeness (QED) is 0.0609. The Labute approximate surface area is 427 Å². The summed E-state index contributed by atoms with van der Waals surface area (Å²) in [4.78, 5) is 146. The van der Waals surface area contributed by atoms with Gasteiger partial charge in [-0.1, -0.05) is 68.3 Å². The molecule has 398 valence electrons. The summed E-state index contributed by atoms with van der Waals surface area (Å²) in [5.41, 5.74) is 7.62. The molecule has 0 bridgehead atoms. The van der Waals surface area contributed by atoms with Crippen LogP contribution in [-0.4, -0.2) is 135 Å². The van der Waals surface area contributed by atoms with Gasteiger partial charge in [0.15, 0.2) is 0 Å². The molecule has 2 aromatic heterocycles. The SMILES string of the molecule is CCCC[C@H](NC(C)=O)C(=O)N[C@H]1CCC(=O)NCCC[C@@H](C(=O)O)NC(=O)[C@H](Cc2c[nH]c3ccccc23)NC(=O)[C@H](CCCNC(N)=O)NC(=O)[C@@H](Cc2ccccc2)NC(=O)[C@H](Cc2cnc[nH]2)NC1=O. The number of urea groups is 1. The average Bonchev–Trinajstić information content (AvgIpc) is 4.04. The van der Waals surface area contributed by atoms with Crippen LogP contribution in [0.3, 0.4) is 0 Å². The molecule has 1 fully saturated rings. The van der Waals surface area contributed by atoms with E-state index in [-0.39, 0.29) is 77.3 Å². The van der Waals surface area contributed by atoms with Crippen LogP contribution in [0.5, 0.6) is 0 Å². The van der Waals surface area contributed by atoms with Gasteiger partial charge in [0.25, 0.3) is 0 Å². The predicted molar refractivity (Wildman–Crippen MR) is 269 cm³/mol. The summed E-state index contributed by atoms with van der Waals surface area (Å²) in [6.07, 6.45) is 4.72.